The highest BCUT2D eigenvalue weighted by atomic mass is 127. The molecule has 1 rings (SSSR count). The van der Waals surface area contributed by atoms with Gasteiger partial charge in [0.1, 0.15) is 0 Å². The predicted octanol–water partition coefficient (Wildman–Crippen LogP) is 8.61. The summed E-state index contributed by atoms with van der Waals surface area (Å²) in [6.45, 7) is 6.03. The first kappa shape index (κ1) is 29.7. The van der Waals surface area contributed by atoms with Gasteiger partial charge in [-0.25, -0.2) is 0 Å². The molecule has 0 unspecified atom stereocenters. The minimum Gasteiger partial charge on any atom is -0.303 e. The number of halogens is 1. The molecule has 0 atom stereocenters. The van der Waals surface area contributed by atoms with Gasteiger partial charge in [-0.05, 0) is 45.3 Å². The first-order chi connectivity index (χ1) is 13.8. The van der Waals surface area contributed by atoms with E-state index in [0.717, 1.165) is 18.6 Å². The zero-order valence-electron chi connectivity index (χ0n) is 19.4. The van der Waals surface area contributed by atoms with Gasteiger partial charge in [0.15, 0.2) is 5.12 Å². The molecular formula is C25H50INOS. The second-order valence-corrected chi connectivity index (χ2v) is 9.97. The minimum atomic E-state index is 0. The van der Waals surface area contributed by atoms with Crippen LogP contribution in [0.3, 0.4) is 0 Å². The van der Waals surface area contributed by atoms with Crippen LogP contribution in [0.2, 0.25) is 0 Å². The van der Waals surface area contributed by atoms with Gasteiger partial charge in [0.2, 0.25) is 0 Å². The van der Waals surface area contributed by atoms with Crippen LogP contribution in [0.15, 0.2) is 0 Å². The van der Waals surface area contributed by atoms with Gasteiger partial charge in [-0.2, -0.15) is 0 Å². The molecule has 0 saturated carbocycles. The van der Waals surface area contributed by atoms with Crippen LogP contribution in [-0.4, -0.2) is 35.4 Å². The van der Waals surface area contributed by atoms with Gasteiger partial charge in [0.05, 0.1) is 0 Å². The quantitative estimate of drug-likeness (QED) is 0.114. The molecule has 0 aliphatic carbocycles. The van der Waals surface area contributed by atoms with Gasteiger partial charge in [-0.3, -0.25) is 4.79 Å². The second-order valence-electron chi connectivity index (χ2n) is 8.82. The summed E-state index contributed by atoms with van der Waals surface area (Å²) < 4.78 is 0. The van der Waals surface area contributed by atoms with Crippen molar-refractivity contribution in [2.24, 2.45) is 0 Å². The van der Waals surface area contributed by atoms with Crippen molar-refractivity contribution in [2.75, 3.05) is 25.4 Å². The number of carbonyl (C=O) groups is 1. The Morgan fingerprint density at radius 1 is 0.690 bits per heavy atom. The first-order valence-electron chi connectivity index (χ1n) is 12.7. The van der Waals surface area contributed by atoms with Crippen molar-refractivity contribution in [1.82, 2.24) is 4.90 Å². The van der Waals surface area contributed by atoms with E-state index in [1.807, 2.05) is 0 Å². The fourth-order valence-electron chi connectivity index (χ4n) is 4.19. The zero-order valence-corrected chi connectivity index (χ0v) is 22.6. The number of rotatable bonds is 20. The Morgan fingerprint density at radius 2 is 1.14 bits per heavy atom. The Balaban J connectivity index is 0.00000784. The summed E-state index contributed by atoms with van der Waals surface area (Å²) in [5.41, 5.74) is 0. The molecule has 0 aromatic carbocycles. The van der Waals surface area contributed by atoms with Gasteiger partial charge < -0.3 is 4.90 Å². The Kier molecular flexibility index (Phi) is 23.9. The summed E-state index contributed by atoms with van der Waals surface area (Å²) in [4.78, 5) is 14.5. The predicted molar refractivity (Wildman–Crippen MR) is 143 cm³/mol. The third kappa shape index (κ3) is 20.4. The van der Waals surface area contributed by atoms with E-state index >= 15 is 0 Å². The molecule has 0 radical (unpaired) electrons. The summed E-state index contributed by atoms with van der Waals surface area (Å²) in [5.74, 6) is 1.02. The van der Waals surface area contributed by atoms with Gasteiger partial charge in [-0.15, -0.1) is 24.0 Å². The number of thioether (sulfide) groups is 1. The molecule has 1 aliphatic heterocycles. The van der Waals surface area contributed by atoms with E-state index < -0.39 is 0 Å². The van der Waals surface area contributed by atoms with Crippen molar-refractivity contribution >= 4 is 40.9 Å². The van der Waals surface area contributed by atoms with Gasteiger partial charge in [0, 0.05) is 12.2 Å². The molecular weight excluding hydrogens is 489 g/mol. The molecule has 174 valence electrons. The molecule has 1 aliphatic rings. The molecule has 0 aromatic rings. The number of hydrogen-bond acceptors (Lipinski definition) is 3. The molecule has 1 saturated heterocycles. The van der Waals surface area contributed by atoms with Gasteiger partial charge in [-0.1, -0.05) is 109 Å². The SMILES string of the molecule is CCCCCCCCCCCCCCCCCC(=O)SCCCN1CCCC1.I. The molecule has 0 N–H and O–H groups in total. The average molecular weight is 540 g/mol. The monoisotopic (exact) mass is 539 g/mol. The van der Waals surface area contributed by atoms with Crippen LogP contribution in [-0.2, 0) is 4.79 Å². The lowest BCUT2D eigenvalue weighted by atomic mass is 10.0. The third-order valence-electron chi connectivity index (χ3n) is 6.06. The molecule has 0 amide bonds. The Hall–Kier alpha value is 0.710. The highest BCUT2D eigenvalue weighted by molar-refractivity contribution is 14.0. The maximum atomic E-state index is 11.9. The van der Waals surface area contributed by atoms with Crippen LogP contribution in [0.5, 0.6) is 0 Å². The molecule has 1 heterocycles. The minimum absolute atomic E-state index is 0. The van der Waals surface area contributed by atoms with E-state index in [1.54, 1.807) is 11.8 Å². The van der Waals surface area contributed by atoms with Crippen LogP contribution >= 0.6 is 35.7 Å². The van der Waals surface area contributed by atoms with Crippen molar-refractivity contribution in [3.63, 3.8) is 0 Å². The highest BCUT2D eigenvalue weighted by Gasteiger charge is 2.10. The second kappa shape index (κ2) is 23.4. The molecule has 0 spiro atoms. The van der Waals surface area contributed by atoms with Gasteiger partial charge in [0.25, 0.3) is 0 Å². The number of likely N-dealkylation sites (tertiary alicyclic amines) is 1. The fourth-order valence-corrected chi connectivity index (χ4v) is 4.98. The molecule has 0 aromatic heterocycles. The fraction of sp³-hybridized carbons (Fsp3) is 0.960. The Bertz CT molecular complexity index is 348. The lowest BCUT2D eigenvalue weighted by molar-refractivity contribution is -0.111. The summed E-state index contributed by atoms with van der Waals surface area (Å²) in [6, 6.07) is 0. The van der Waals surface area contributed by atoms with E-state index in [-0.39, 0.29) is 24.0 Å². The first-order valence-corrected chi connectivity index (χ1v) is 13.7. The van der Waals surface area contributed by atoms with Crippen molar-refractivity contribution in [3.8, 4) is 0 Å². The standard InChI is InChI=1S/C25H49NOS.HI/c1-2-3-4-5-6-7-8-9-10-11-12-13-14-15-16-20-25(27)28-24-19-23-26-21-17-18-22-26;/h2-24H2,1H3;1H. The summed E-state index contributed by atoms with van der Waals surface area (Å²) in [7, 11) is 0. The number of hydrogen-bond donors (Lipinski definition) is 0. The molecule has 1 fully saturated rings. The topological polar surface area (TPSA) is 20.3 Å². The van der Waals surface area contributed by atoms with E-state index in [1.165, 1.54) is 129 Å². The molecule has 4 heteroatoms. The van der Waals surface area contributed by atoms with Crippen LogP contribution in [0.25, 0.3) is 0 Å². The van der Waals surface area contributed by atoms with Gasteiger partial charge >= 0.3 is 0 Å². The van der Waals surface area contributed by atoms with E-state index in [2.05, 4.69) is 11.8 Å². The van der Waals surface area contributed by atoms with Crippen LogP contribution in [0, 0.1) is 0 Å². The lowest BCUT2D eigenvalue weighted by Gasteiger charge is -2.13. The maximum Gasteiger partial charge on any atom is 0.188 e. The molecule has 2 nitrogen and oxygen atoms in total. The largest absolute Gasteiger partial charge is 0.303 e. The van der Waals surface area contributed by atoms with Crippen LogP contribution < -0.4 is 0 Å². The molecule has 0 bridgehead atoms. The maximum absolute atomic E-state index is 11.9. The lowest BCUT2D eigenvalue weighted by Crippen LogP contribution is -2.20. The van der Waals surface area contributed by atoms with Crippen molar-refractivity contribution in [3.05, 3.63) is 0 Å². The van der Waals surface area contributed by atoms with Crippen molar-refractivity contribution in [2.45, 2.75) is 129 Å². The Labute approximate surface area is 204 Å². The third-order valence-corrected chi connectivity index (χ3v) is 7.08. The van der Waals surface area contributed by atoms with Crippen molar-refractivity contribution in [1.29, 1.82) is 0 Å². The smallest absolute Gasteiger partial charge is 0.188 e. The van der Waals surface area contributed by atoms with E-state index in [9.17, 15) is 4.79 Å². The normalized spacial score (nSPS) is 14.2. The molecule has 29 heavy (non-hydrogen) atoms. The highest BCUT2D eigenvalue weighted by Crippen LogP contribution is 2.16. The van der Waals surface area contributed by atoms with E-state index in [4.69, 9.17) is 0 Å². The number of unbranched alkanes of at least 4 members (excludes halogenated alkanes) is 14. The van der Waals surface area contributed by atoms with Crippen LogP contribution in [0.1, 0.15) is 129 Å². The summed E-state index contributed by atoms with van der Waals surface area (Å²) >= 11 is 1.58. The van der Waals surface area contributed by atoms with E-state index in [0.29, 0.717) is 5.12 Å². The number of carbonyl (C=O) groups excluding carboxylic acids is 1. The zero-order chi connectivity index (χ0) is 20.1. The summed E-state index contributed by atoms with van der Waals surface area (Å²) in [5, 5.41) is 0.427. The Morgan fingerprint density at radius 3 is 1.62 bits per heavy atom. The summed E-state index contributed by atoms with van der Waals surface area (Å²) in [6.07, 6.45) is 25.5. The van der Waals surface area contributed by atoms with Crippen molar-refractivity contribution < 1.29 is 4.79 Å². The average Bonchev–Trinajstić information content (AvgIpc) is 3.22. The number of nitrogens with zero attached hydrogens (tertiary/aromatic N) is 1. The van der Waals surface area contributed by atoms with Crippen LogP contribution in [0.4, 0.5) is 0 Å².